The van der Waals surface area contributed by atoms with Gasteiger partial charge < -0.3 is 25.7 Å². The molecule has 48 heavy (non-hydrogen) atoms. The maximum absolute atomic E-state index is 14.9. The van der Waals surface area contributed by atoms with Gasteiger partial charge in [0.05, 0.1) is 12.2 Å². The molecule has 0 aliphatic heterocycles. The van der Waals surface area contributed by atoms with E-state index in [2.05, 4.69) is 11.7 Å². The zero-order valence-corrected chi connectivity index (χ0v) is 25.7. The highest BCUT2D eigenvalue weighted by atomic mass is 19.4. The Morgan fingerprint density at radius 2 is 1.50 bits per heavy atom. The molecule has 12 heteroatoms. The second-order valence-corrected chi connectivity index (χ2v) is 10.9. The van der Waals surface area contributed by atoms with Crippen LogP contribution >= 0.6 is 0 Å². The van der Waals surface area contributed by atoms with Crippen molar-refractivity contribution in [1.29, 1.82) is 0 Å². The van der Waals surface area contributed by atoms with Gasteiger partial charge in [0.15, 0.2) is 11.6 Å². The highest BCUT2D eigenvalue weighted by Crippen LogP contribution is 2.35. The zero-order valence-electron chi connectivity index (χ0n) is 25.7. The highest BCUT2D eigenvalue weighted by molar-refractivity contribution is 5.87. The van der Waals surface area contributed by atoms with E-state index < -0.39 is 41.8 Å². The summed E-state index contributed by atoms with van der Waals surface area (Å²) in [6.45, 7) is 3.97. The van der Waals surface area contributed by atoms with Gasteiger partial charge in [0.1, 0.15) is 12.4 Å². The van der Waals surface area contributed by atoms with Gasteiger partial charge >= 0.3 is 18.3 Å². The zero-order chi connectivity index (χ0) is 34.9. The number of hydrogen-bond acceptors (Lipinski definition) is 6. The van der Waals surface area contributed by atoms with E-state index in [9.17, 15) is 31.1 Å². The first kappa shape index (κ1) is 35.7. The molecule has 6 nitrogen and oxygen atoms in total. The minimum absolute atomic E-state index is 0.0243. The van der Waals surface area contributed by atoms with E-state index in [1.807, 2.05) is 6.07 Å². The van der Waals surface area contributed by atoms with Crippen molar-refractivity contribution in [3.63, 3.8) is 0 Å². The molecule has 0 bridgehead atoms. The van der Waals surface area contributed by atoms with Crippen molar-refractivity contribution in [3.8, 4) is 22.6 Å². The molecular formula is C36H33F6N2O4. The van der Waals surface area contributed by atoms with Crippen LogP contribution in [0.3, 0.4) is 0 Å². The molecule has 4 aromatic rings. The second-order valence-electron chi connectivity index (χ2n) is 10.9. The van der Waals surface area contributed by atoms with Crippen molar-refractivity contribution in [1.82, 2.24) is 0 Å². The number of nitrogens with two attached hydrogens (primary N) is 2. The molecule has 253 valence electrons. The van der Waals surface area contributed by atoms with Crippen LogP contribution < -0.4 is 20.9 Å². The van der Waals surface area contributed by atoms with Crippen LogP contribution in [0.1, 0.15) is 47.9 Å². The molecule has 0 atom stereocenters. The molecule has 4 rings (SSSR count). The van der Waals surface area contributed by atoms with E-state index in [1.165, 1.54) is 24.3 Å². The third kappa shape index (κ3) is 10.4. The molecule has 0 spiro atoms. The number of esters is 1. The van der Waals surface area contributed by atoms with Crippen LogP contribution in [-0.4, -0.2) is 18.8 Å². The van der Waals surface area contributed by atoms with E-state index in [4.69, 9.17) is 20.9 Å². The lowest BCUT2D eigenvalue weighted by molar-refractivity contribution is -0.187. The number of benzene rings is 4. The van der Waals surface area contributed by atoms with Gasteiger partial charge in [0.2, 0.25) is 0 Å². The van der Waals surface area contributed by atoms with Gasteiger partial charge in [0.25, 0.3) is 0 Å². The molecule has 0 aliphatic rings. The van der Waals surface area contributed by atoms with Crippen molar-refractivity contribution in [2.24, 2.45) is 0 Å². The first-order valence-electron chi connectivity index (χ1n) is 14.8. The van der Waals surface area contributed by atoms with Crippen LogP contribution in [0.4, 0.5) is 37.7 Å². The molecule has 1 radical (unpaired) electrons. The quantitative estimate of drug-likeness (QED) is 0.0456. The first-order chi connectivity index (χ1) is 22.7. The van der Waals surface area contributed by atoms with Crippen LogP contribution in [0.15, 0.2) is 84.9 Å². The summed E-state index contributed by atoms with van der Waals surface area (Å²) in [6.07, 6.45) is -5.97. The molecule has 0 unspecified atom stereocenters. The number of unbranched alkanes of at least 4 members (excludes halogenated alkanes) is 2. The number of ether oxygens (including phenoxy) is 3. The van der Waals surface area contributed by atoms with Gasteiger partial charge in [-0.2, -0.15) is 22.0 Å². The Kier molecular flexibility index (Phi) is 11.6. The molecule has 0 heterocycles. The van der Waals surface area contributed by atoms with E-state index in [-0.39, 0.29) is 31.8 Å². The van der Waals surface area contributed by atoms with Crippen LogP contribution in [0.25, 0.3) is 17.2 Å². The average Bonchev–Trinajstić information content (AvgIpc) is 3.02. The van der Waals surface area contributed by atoms with E-state index in [0.29, 0.717) is 34.5 Å². The van der Waals surface area contributed by atoms with Gasteiger partial charge in [-0.15, -0.1) is 0 Å². The number of alkyl halides is 5. The Labute approximate surface area is 273 Å². The Balaban J connectivity index is 1.30. The third-order valence-corrected chi connectivity index (χ3v) is 7.09. The normalized spacial score (nSPS) is 11.9. The van der Waals surface area contributed by atoms with Gasteiger partial charge in [-0.1, -0.05) is 24.3 Å². The molecule has 0 fully saturated rings. The Morgan fingerprint density at radius 3 is 2.17 bits per heavy atom. The van der Waals surface area contributed by atoms with Crippen molar-refractivity contribution in [2.45, 2.75) is 44.6 Å². The number of nitrogen functional groups attached to an aromatic ring is 2. The van der Waals surface area contributed by atoms with Crippen LogP contribution in [0.5, 0.6) is 11.5 Å². The topological polar surface area (TPSA) is 96.8 Å². The third-order valence-electron chi connectivity index (χ3n) is 7.09. The molecule has 0 aliphatic carbocycles. The predicted molar refractivity (Wildman–Crippen MR) is 171 cm³/mol. The van der Waals surface area contributed by atoms with Crippen molar-refractivity contribution in [2.75, 3.05) is 18.1 Å². The van der Waals surface area contributed by atoms with E-state index in [1.54, 1.807) is 30.3 Å². The summed E-state index contributed by atoms with van der Waals surface area (Å²) in [6, 6.07) is 18.3. The Morgan fingerprint density at radius 1 is 0.812 bits per heavy atom. The summed E-state index contributed by atoms with van der Waals surface area (Å²) in [5.74, 6) is -2.49. The van der Waals surface area contributed by atoms with Crippen LogP contribution in [0, 0.1) is 12.7 Å². The highest BCUT2D eigenvalue weighted by Gasteiger charge is 2.35. The smallest absolute Gasteiger partial charge is 0.426 e. The Hall–Kier alpha value is -5.13. The molecule has 0 amide bonds. The molecule has 0 aromatic heterocycles. The van der Waals surface area contributed by atoms with Crippen molar-refractivity contribution < 1.29 is 45.3 Å². The summed E-state index contributed by atoms with van der Waals surface area (Å²) in [5, 5.41) is 0. The number of carbonyl (C=O) groups excluding carboxylic acids is 1. The fourth-order valence-electron chi connectivity index (χ4n) is 4.67. The summed E-state index contributed by atoms with van der Waals surface area (Å²) < 4.78 is 96.1. The van der Waals surface area contributed by atoms with E-state index in [0.717, 1.165) is 41.5 Å². The fraction of sp³-hybridized carbons (Fsp3) is 0.222. The van der Waals surface area contributed by atoms with E-state index >= 15 is 0 Å². The van der Waals surface area contributed by atoms with Crippen molar-refractivity contribution >= 4 is 23.4 Å². The number of rotatable bonds is 14. The van der Waals surface area contributed by atoms with Gasteiger partial charge in [-0.25, -0.2) is 9.18 Å². The number of hydrogen-bond donors (Lipinski definition) is 2. The van der Waals surface area contributed by atoms with Gasteiger partial charge in [-0.05, 0) is 109 Å². The largest absolute Gasteiger partial charge is 0.493 e. The molecule has 4 aromatic carbocycles. The van der Waals surface area contributed by atoms with Gasteiger partial charge in [0, 0.05) is 29.9 Å². The predicted octanol–water partition coefficient (Wildman–Crippen LogP) is 9.23. The van der Waals surface area contributed by atoms with Crippen molar-refractivity contribution in [3.05, 3.63) is 120 Å². The lowest BCUT2D eigenvalue weighted by atomic mass is 9.95. The maximum Gasteiger partial charge on any atom is 0.426 e. The summed E-state index contributed by atoms with van der Waals surface area (Å²) in [4.78, 5) is 12.5. The lowest BCUT2D eigenvalue weighted by Crippen LogP contribution is -2.22. The molecule has 0 saturated carbocycles. The summed E-state index contributed by atoms with van der Waals surface area (Å²) >= 11 is 0. The second kappa shape index (κ2) is 15.6. The Bertz CT molecular complexity index is 1740. The number of carbonyl (C=O) groups is 1. The monoisotopic (exact) mass is 671 g/mol. The first-order valence-corrected chi connectivity index (χ1v) is 14.8. The summed E-state index contributed by atoms with van der Waals surface area (Å²) in [7, 11) is 0. The lowest BCUT2D eigenvalue weighted by Gasteiger charge is -2.19. The number of halogens is 6. The molecule has 0 saturated heterocycles. The molecular weight excluding hydrogens is 638 g/mol. The minimum Gasteiger partial charge on any atom is -0.493 e. The molecule has 4 N–H and O–H groups in total. The summed E-state index contributed by atoms with van der Waals surface area (Å²) in [5.41, 5.74) is 15.6. The SMILES string of the molecule is [CH2]c1cc(N)ccc1-c1ccc(N)cc1COC(=O)/C=C/c1ccc(C(F)(F)Oc2ccc(OCCCCCC(F)(F)F)cc2F)cc1. The average molecular weight is 672 g/mol. The number of anilines is 2. The van der Waals surface area contributed by atoms with Crippen LogP contribution in [-0.2, 0) is 22.2 Å². The van der Waals surface area contributed by atoms with Gasteiger partial charge in [-0.3, -0.25) is 0 Å². The fourth-order valence-corrected chi connectivity index (χ4v) is 4.67. The standard InChI is InChI=1S/C36H33F6N2O4/c1-23-19-27(43)10-13-30(23)31-14-11-28(44)20-25(31)22-47-34(45)16-7-24-5-8-26(9-6-24)36(41,42)48-33-15-12-29(21-32(33)37)46-18-4-2-3-17-35(38,39)40/h5-16,19-21H,1-4,17-18,22,43-44H2/b16-7+. The minimum atomic E-state index is -4.22. The maximum atomic E-state index is 14.9. The van der Waals surface area contributed by atoms with Crippen LogP contribution in [0.2, 0.25) is 0 Å².